The molecule has 41 heavy (non-hydrogen) atoms. The van der Waals surface area contributed by atoms with Crippen LogP contribution in [0.3, 0.4) is 0 Å². The van der Waals surface area contributed by atoms with Crippen LogP contribution in [0, 0.1) is 0 Å². The Morgan fingerprint density at radius 1 is 1.00 bits per heavy atom. The fourth-order valence-electron chi connectivity index (χ4n) is 4.42. The summed E-state index contributed by atoms with van der Waals surface area (Å²) in [4.78, 5) is 28.4. The standard InChI is InChI=1S/C30H39N5O6/c1-30(2,3)41-29(37)32-15-16-38-17-18-39-19-20-40-23-12-10-22(11-13-23)35-27-9-6-8-25(24(27)21-33-35)34-28(36)26-7-4-5-14-31-26/h4-5,7,10-14,21,25H,6,8-9,15-20H2,1-3H3,(H,32,37)(H,34,36). The highest BCUT2D eigenvalue weighted by atomic mass is 16.6. The molecule has 0 spiro atoms. The Bertz CT molecular complexity index is 1260. The van der Waals surface area contributed by atoms with Crippen molar-refractivity contribution in [2.75, 3.05) is 39.6 Å². The fraction of sp³-hybridized carbons (Fsp3) is 0.467. The van der Waals surface area contributed by atoms with Crippen LogP contribution < -0.4 is 15.4 Å². The number of fused-ring (bicyclic) bond motifs is 1. The molecule has 1 aliphatic carbocycles. The van der Waals surface area contributed by atoms with Gasteiger partial charge in [0.25, 0.3) is 5.91 Å². The molecule has 0 bridgehead atoms. The van der Waals surface area contributed by atoms with Crippen LogP contribution in [-0.4, -0.2) is 71.9 Å². The average molecular weight is 566 g/mol. The molecule has 2 amide bonds. The van der Waals surface area contributed by atoms with Gasteiger partial charge >= 0.3 is 6.09 Å². The van der Waals surface area contributed by atoms with E-state index in [0.29, 0.717) is 45.3 Å². The maximum Gasteiger partial charge on any atom is 0.407 e. The molecule has 2 heterocycles. The van der Waals surface area contributed by atoms with E-state index in [4.69, 9.17) is 18.9 Å². The van der Waals surface area contributed by atoms with Gasteiger partial charge in [-0.15, -0.1) is 0 Å². The van der Waals surface area contributed by atoms with E-state index in [1.54, 1.807) is 24.4 Å². The highest BCUT2D eigenvalue weighted by Gasteiger charge is 2.26. The number of carbonyl (C=O) groups is 2. The molecule has 2 aromatic heterocycles. The topological polar surface area (TPSA) is 126 Å². The Kier molecular flexibility index (Phi) is 10.7. The van der Waals surface area contributed by atoms with Gasteiger partial charge in [-0.2, -0.15) is 5.10 Å². The van der Waals surface area contributed by atoms with Crippen molar-refractivity contribution in [3.05, 3.63) is 71.8 Å². The number of amides is 2. The van der Waals surface area contributed by atoms with Crippen molar-refractivity contribution in [1.29, 1.82) is 0 Å². The number of hydrogen-bond acceptors (Lipinski definition) is 8. The van der Waals surface area contributed by atoms with Crippen LogP contribution >= 0.6 is 0 Å². The number of ether oxygens (including phenoxy) is 4. The van der Waals surface area contributed by atoms with Crippen molar-refractivity contribution < 1.29 is 28.5 Å². The fourth-order valence-corrected chi connectivity index (χ4v) is 4.42. The van der Waals surface area contributed by atoms with Gasteiger partial charge in [-0.1, -0.05) is 6.07 Å². The molecule has 2 N–H and O–H groups in total. The molecular weight excluding hydrogens is 526 g/mol. The van der Waals surface area contributed by atoms with E-state index >= 15 is 0 Å². The van der Waals surface area contributed by atoms with Gasteiger partial charge < -0.3 is 29.6 Å². The summed E-state index contributed by atoms with van der Waals surface area (Å²) in [6.45, 7) is 7.90. The van der Waals surface area contributed by atoms with Gasteiger partial charge in [0.15, 0.2) is 0 Å². The molecule has 1 unspecified atom stereocenters. The third-order valence-electron chi connectivity index (χ3n) is 6.25. The number of hydrogen-bond donors (Lipinski definition) is 2. The van der Waals surface area contributed by atoms with E-state index < -0.39 is 11.7 Å². The van der Waals surface area contributed by atoms with Gasteiger partial charge in [-0.3, -0.25) is 9.78 Å². The predicted molar refractivity (Wildman–Crippen MR) is 152 cm³/mol. The lowest BCUT2D eigenvalue weighted by Crippen LogP contribution is -2.34. The zero-order valence-corrected chi connectivity index (χ0v) is 23.9. The lowest BCUT2D eigenvalue weighted by molar-refractivity contribution is 0.0327. The first-order valence-electron chi connectivity index (χ1n) is 13.9. The van der Waals surface area contributed by atoms with Gasteiger partial charge in [0, 0.05) is 24.0 Å². The SMILES string of the molecule is CC(C)(C)OC(=O)NCCOCCOCCOc1ccc(-n2ncc3c2CCCC3NC(=O)c2ccccn2)cc1. The monoisotopic (exact) mass is 565 g/mol. The van der Waals surface area contributed by atoms with Crippen molar-refractivity contribution in [3.8, 4) is 11.4 Å². The zero-order chi connectivity index (χ0) is 29.1. The first kappa shape index (κ1) is 30.0. The third-order valence-corrected chi connectivity index (χ3v) is 6.25. The van der Waals surface area contributed by atoms with E-state index in [9.17, 15) is 9.59 Å². The van der Waals surface area contributed by atoms with Crippen LogP contribution in [-0.2, 0) is 20.6 Å². The van der Waals surface area contributed by atoms with E-state index in [2.05, 4.69) is 20.7 Å². The molecule has 0 radical (unpaired) electrons. The summed E-state index contributed by atoms with van der Waals surface area (Å²) in [6, 6.07) is 13.0. The number of nitrogens with zero attached hydrogens (tertiary/aromatic N) is 3. The number of benzene rings is 1. The minimum atomic E-state index is -0.519. The summed E-state index contributed by atoms with van der Waals surface area (Å²) in [5.41, 5.74) is 2.97. The Balaban J connectivity index is 1.15. The number of carbonyl (C=O) groups excluding carboxylic acids is 2. The van der Waals surface area contributed by atoms with E-state index in [0.717, 1.165) is 42.0 Å². The Morgan fingerprint density at radius 2 is 1.76 bits per heavy atom. The van der Waals surface area contributed by atoms with Crippen molar-refractivity contribution in [2.24, 2.45) is 0 Å². The zero-order valence-electron chi connectivity index (χ0n) is 23.9. The average Bonchev–Trinajstić information content (AvgIpc) is 3.39. The lowest BCUT2D eigenvalue weighted by atomic mass is 9.92. The molecule has 11 nitrogen and oxygen atoms in total. The first-order chi connectivity index (χ1) is 19.8. The summed E-state index contributed by atoms with van der Waals surface area (Å²) in [7, 11) is 0. The molecule has 0 aliphatic heterocycles. The van der Waals surface area contributed by atoms with E-state index in [1.807, 2.05) is 55.9 Å². The number of aromatic nitrogens is 3. The molecule has 1 atom stereocenters. The summed E-state index contributed by atoms with van der Waals surface area (Å²) in [5.74, 6) is 0.560. The Morgan fingerprint density at radius 3 is 2.49 bits per heavy atom. The Hall–Kier alpha value is -3.96. The summed E-state index contributed by atoms with van der Waals surface area (Å²) in [5, 5.41) is 10.4. The molecular formula is C30H39N5O6. The van der Waals surface area contributed by atoms with Crippen molar-refractivity contribution in [3.63, 3.8) is 0 Å². The van der Waals surface area contributed by atoms with Crippen LogP contribution in [0.2, 0.25) is 0 Å². The van der Waals surface area contributed by atoms with Gasteiger partial charge in [0.2, 0.25) is 0 Å². The number of rotatable bonds is 13. The second kappa shape index (κ2) is 14.6. The van der Waals surface area contributed by atoms with Crippen molar-refractivity contribution >= 4 is 12.0 Å². The lowest BCUT2D eigenvalue weighted by Gasteiger charge is -2.24. The van der Waals surface area contributed by atoms with Gasteiger partial charge in [-0.05, 0) is 76.4 Å². The van der Waals surface area contributed by atoms with E-state index in [-0.39, 0.29) is 11.9 Å². The quantitative estimate of drug-likeness (QED) is 0.298. The maximum absolute atomic E-state index is 12.6. The van der Waals surface area contributed by atoms with E-state index in [1.165, 1.54) is 0 Å². The highest BCUT2D eigenvalue weighted by molar-refractivity contribution is 5.92. The van der Waals surface area contributed by atoms with Crippen LogP contribution in [0.4, 0.5) is 4.79 Å². The third kappa shape index (κ3) is 9.29. The van der Waals surface area contributed by atoms with Crippen LogP contribution in [0.5, 0.6) is 5.75 Å². The molecule has 1 aromatic carbocycles. The molecule has 0 saturated carbocycles. The molecule has 3 aromatic rings. The molecule has 0 fully saturated rings. The molecule has 0 saturated heterocycles. The molecule has 4 rings (SSSR count). The molecule has 1 aliphatic rings. The minimum Gasteiger partial charge on any atom is -0.491 e. The van der Waals surface area contributed by atoms with Gasteiger partial charge in [-0.25, -0.2) is 9.48 Å². The summed E-state index contributed by atoms with van der Waals surface area (Å²) < 4.78 is 23.9. The summed E-state index contributed by atoms with van der Waals surface area (Å²) >= 11 is 0. The van der Waals surface area contributed by atoms with Crippen molar-refractivity contribution in [2.45, 2.75) is 51.7 Å². The highest BCUT2D eigenvalue weighted by Crippen LogP contribution is 2.31. The van der Waals surface area contributed by atoms with Crippen LogP contribution in [0.1, 0.15) is 61.4 Å². The molecule has 220 valence electrons. The normalized spacial score (nSPS) is 14.7. The first-order valence-corrected chi connectivity index (χ1v) is 13.9. The van der Waals surface area contributed by atoms with Gasteiger partial charge in [0.05, 0.1) is 44.4 Å². The predicted octanol–water partition coefficient (Wildman–Crippen LogP) is 4.01. The van der Waals surface area contributed by atoms with Crippen molar-refractivity contribution in [1.82, 2.24) is 25.4 Å². The molecule has 11 heteroatoms. The van der Waals surface area contributed by atoms with Gasteiger partial charge in [0.1, 0.15) is 23.7 Å². The number of alkyl carbamates (subject to hydrolysis) is 1. The maximum atomic E-state index is 12.6. The minimum absolute atomic E-state index is 0.0936. The smallest absolute Gasteiger partial charge is 0.407 e. The number of nitrogens with one attached hydrogen (secondary N) is 2. The second-order valence-electron chi connectivity index (χ2n) is 10.6. The largest absolute Gasteiger partial charge is 0.491 e. The number of pyridine rings is 1. The Labute approximate surface area is 240 Å². The summed E-state index contributed by atoms with van der Waals surface area (Å²) in [6.07, 6.45) is 5.73. The van der Waals surface area contributed by atoms with Crippen LogP contribution in [0.25, 0.3) is 5.69 Å². The van der Waals surface area contributed by atoms with Crippen LogP contribution in [0.15, 0.2) is 54.9 Å². The second-order valence-corrected chi connectivity index (χ2v) is 10.6.